The molecule has 1 aromatic carbocycles. The summed E-state index contributed by atoms with van der Waals surface area (Å²) >= 11 is 0. The van der Waals surface area contributed by atoms with E-state index < -0.39 is 28.2 Å². The van der Waals surface area contributed by atoms with E-state index in [1.54, 1.807) is 18.2 Å². The molecule has 0 saturated carbocycles. The highest BCUT2D eigenvalue weighted by atomic mass is 16.6. The van der Waals surface area contributed by atoms with Crippen LogP contribution in [0.3, 0.4) is 0 Å². The Bertz CT molecular complexity index is 769. The molecule has 0 radical (unpaired) electrons. The molecule has 8 nitrogen and oxygen atoms in total. The van der Waals surface area contributed by atoms with E-state index in [4.69, 9.17) is 0 Å². The molecule has 0 amide bonds. The molecule has 0 heterocycles. The van der Waals surface area contributed by atoms with Crippen LogP contribution in [-0.4, -0.2) is 53.5 Å². The molecule has 1 aliphatic carbocycles. The molecular formula is C17H18N2O6. The van der Waals surface area contributed by atoms with Gasteiger partial charge in [-0.05, 0) is 6.08 Å². The summed E-state index contributed by atoms with van der Waals surface area (Å²) in [5.41, 5.74) is -2.49. The second kappa shape index (κ2) is 6.86. The zero-order chi connectivity index (χ0) is 18.8. The van der Waals surface area contributed by atoms with Crippen LogP contribution in [0.1, 0.15) is 10.4 Å². The van der Waals surface area contributed by atoms with Gasteiger partial charge in [-0.25, -0.2) is 4.79 Å². The minimum Gasteiger partial charge on any atom is -0.467 e. The number of hydrogen-bond acceptors (Lipinski definition) is 7. The topological polar surface area (TPSA) is 110 Å². The lowest BCUT2D eigenvalue weighted by Crippen LogP contribution is -2.50. The van der Waals surface area contributed by atoms with E-state index in [9.17, 15) is 24.8 Å². The van der Waals surface area contributed by atoms with Gasteiger partial charge in [0.25, 0.3) is 5.70 Å². The number of aliphatic hydroxyl groups is 1. The number of likely N-dealkylation sites (N-methyl/N-ethyl adjacent to an activating group) is 1. The third-order valence-electron chi connectivity index (χ3n) is 3.95. The Kier molecular flexibility index (Phi) is 5.03. The maximum atomic E-state index is 12.8. The number of methoxy groups -OCH3 is 1. The fourth-order valence-electron chi connectivity index (χ4n) is 2.66. The number of ether oxygens (including phenoxy) is 1. The quantitative estimate of drug-likeness (QED) is 0.367. The Labute approximate surface area is 144 Å². The van der Waals surface area contributed by atoms with Crippen molar-refractivity contribution >= 4 is 11.8 Å². The number of nitrogens with zero attached hydrogens (tertiary/aromatic N) is 2. The Hall–Kier alpha value is -3.00. The lowest BCUT2D eigenvalue weighted by Gasteiger charge is -2.33. The number of nitro groups is 1. The zero-order valence-corrected chi connectivity index (χ0v) is 14.0. The summed E-state index contributed by atoms with van der Waals surface area (Å²) < 4.78 is 4.63. The van der Waals surface area contributed by atoms with Crippen molar-refractivity contribution in [2.45, 2.75) is 5.60 Å². The molecule has 0 aromatic heterocycles. The van der Waals surface area contributed by atoms with Crippen LogP contribution in [0.25, 0.3) is 0 Å². The molecule has 2 unspecified atom stereocenters. The van der Waals surface area contributed by atoms with Gasteiger partial charge in [0, 0.05) is 25.7 Å². The van der Waals surface area contributed by atoms with Gasteiger partial charge in [-0.3, -0.25) is 14.9 Å². The first kappa shape index (κ1) is 18.3. The molecule has 0 fully saturated rings. The van der Waals surface area contributed by atoms with E-state index in [0.29, 0.717) is 0 Å². The summed E-state index contributed by atoms with van der Waals surface area (Å²) in [6.07, 6.45) is 2.00. The van der Waals surface area contributed by atoms with Gasteiger partial charge >= 0.3 is 5.97 Å². The van der Waals surface area contributed by atoms with Crippen LogP contribution in [0, 0.1) is 16.0 Å². The van der Waals surface area contributed by atoms with Crippen molar-refractivity contribution in [3.8, 4) is 0 Å². The number of rotatable bonds is 5. The lowest BCUT2D eigenvalue weighted by atomic mass is 9.77. The van der Waals surface area contributed by atoms with E-state index in [0.717, 1.165) is 19.3 Å². The molecule has 2 rings (SSSR count). The maximum Gasteiger partial charge on any atom is 0.343 e. The molecule has 1 aromatic rings. The van der Waals surface area contributed by atoms with Crippen LogP contribution < -0.4 is 0 Å². The number of esters is 1. The van der Waals surface area contributed by atoms with Gasteiger partial charge in [-0.2, -0.15) is 0 Å². The van der Waals surface area contributed by atoms with Crippen molar-refractivity contribution in [1.82, 2.24) is 4.90 Å². The fourth-order valence-corrected chi connectivity index (χ4v) is 2.66. The average Bonchev–Trinajstić information content (AvgIpc) is 2.60. The van der Waals surface area contributed by atoms with Crippen molar-refractivity contribution in [1.29, 1.82) is 0 Å². The second-order valence-corrected chi connectivity index (χ2v) is 5.76. The highest BCUT2D eigenvalue weighted by molar-refractivity contribution is 6.04. The van der Waals surface area contributed by atoms with Crippen LogP contribution >= 0.6 is 0 Å². The molecule has 0 bridgehead atoms. The molecule has 8 heteroatoms. The second-order valence-electron chi connectivity index (χ2n) is 5.76. The van der Waals surface area contributed by atoms with Gasteiger partial charge in [-0.1, -0.05) is 30.3 Å². The van der Waals surface area contributed by atoms with E-state index in [2.05, 4.69) is 4.74 Å². The SMILES string of the molecule is COC(=O)C1(O)C=C(N(C)C)C([N+](=O)[O-])=CC1C(=O)c1ccccc1. The van der Waals surface area contributed by atoms with Gasteiger partial charge < -0.3 is 14.7 Å². The number of carbonyl (C=O) groups is 2. The predicted molar refractivity (Wildman–Crippen MR) is 88.1 cm³/mol. The molecule has 2 atom stereocenters. The van der Waals surface area contributed by atoms with Gasteiger partial charge in [0.2, 0.25) is 0 Å². The first-order valence-corrected chi connectivity index (χ1v) is 7.39. The largest absolute Gasteiger partial charge is 0.467 e. The highest BCUT2D eigenvalue weighted by Gasteiger charge is 2.51. The average molecular weight is 346 g/mol. The van der Waals surface area contributed by atoms with Gasteiger partial charge in [0.1, 0.15) is 5.70 Å². The Morgan fingerprint density at radius 1 is 1.28 bits per heavy atom. The number of hydrogen-bond donors (Lipinski definition) is 1. The summed E-state index contributed by atoms with van der Waals surface area (Å²) in [7, 11) is 4.13. The van der Waals surface area contributed by atoms with Gasteiger partial charge in [-0.15, -0.1) is 0 Å². The first-order chi connectivity index (χ1) is 11.7. The summed E-state index contributed by atoms with van der Waals surface area (Å²) in [5, 5.41) is 22.3. The summed E-state index contributed by atoms with van der Waals surface area (Å²) in [6, 6.07) is 7.95. The van der Waals surface area contributed by atoms with Crippen molar-refractivity contribution < 1.29 is 24.4 Å². The van der Waals surface area contributed by atoms with Crippen molar-refractivity contribution in [3.63, 3.8) is 0 Å². The van der Waals surface area contributed by atoms with Gasteiger partial charge in [0.15, 0.2) is 11.4 Å². The van der Waals surface area contributed by atoms with E-state index in [1.165, 1.54) is 31.1 Å². The Morgan fingerprint density at radius 2 is 1.88 bits per heavy atom. The summed E-state index contributed by atoms with van der Waals surface area (Å²) in [6.45, 7) is 0. The Morgan fingerprint density at radius 3 is 2.36 bits per heavy atom. The van der Waals surface area contributed by atoms with Crippen LogP contribution in [0.2, 0.25) is 0 Å². The zero-order valence-electron chi connectivity index (χ0n) is 14.0. The molecule has 1 N–H and O–H groups in total. The predicted octanol–water partition coefficient (Wildman–Crippen LogP) is 1.01. The highest BCUT2D eigenvalue weighted by Crippen LogP contribution is 2.35. The molecule has 1 aliphatic rings. The number of carbonyl (C=O) groups excluding carboxylic acids is 2. The van der Waals surface area contributed by atoms with E-state index in [1.807, 2.05) is 0 Å². The fraction of sp³-hybridized carbons (Fsp3) is 0.294. The maximum absolute atomic E-state index is 12.8. The number of ketones is 1. The van der Waals surface area contributed by atoms with Gasteiger partial charge in [0.05, 0.1) is 18.0 Å². The van der Waals surface area contributed by atoms with E-state index >= 15 is 0 Å². The minimum absolute atomic E-state index is 0.00927. The Balaban J connectivity index is 2.63. The minimum atomic E-state index is -2.35. The molecule has 0 saturated heterocycles. The van der Waals surface area contributed by atoms with Crippen LogP contribution in [0.5, 0.6) is 0 Å². The first-order valence-electron chi connectivity index (χ1n) is 7.39. The number of benzene rings is 1. The van der Waals surface area contributed by atoms with Crippen molar-refractivity contribution in [2.24, 2.45) is 5.92 Å². The summed E-state index contributed by atoms with van der Waals surface area (Å²) in [4.78, 5) is 37.1. The van der Waals surface area contributed by atoms with Crippen LogP contribution in [-0.2, 0) is 9.53 Å². The molecule has 132 valence electrons. The smallest absolute Gasteiger partial charge is 0.343 e. The molecule has 0 aliphatic heterocycles. The number of Topliss-reactive ketones (excluding diaryl/α,β-unsaturated/α-hetero) is 1. The van der Waals surface area contributed by atoms with Crippen molar-refractivity contribution in [2.75, 3.05) is 21.2 Å². The monoisotopic (exact) mass is 346 g/mol. The normalized spacial score (nSPS) is 22.5. The van der Waals surface area contributed by atoms with Crippen LogP contribution in [0.4, 0.5) is 0 Å². The molecule has 0 spiro atoms. The van der Waals surface area contributed by atoms with Crippen LogP contribution in [0.15, 0.2) is 53.9 Å². The lowest BCUT2D eigenvalue weighted by molar-refractivity contribution is -0.423. The van der Waals surface area contributed by atoms with E-state index in [-0.39, 0.29) is 17.0 Å². The summed E-state index contributed by atoms with van der Waals surface area (Å²) in [5.74, 6) is -3.17. The molecule has 25 heavy (non-hydrogen) atoms. The molecular weight excluding hydrogens is 328 g/mol. The third kappa shape index (κ3) is 3.29. The van der Waals surface area contributed by atoms with Crippen molar-refractivity contribution in [3.05, 3.63) is 69.6 Å². The third-order valence-corrected chi connectivity index (χ3v) is 3.95. The standard InChI is InChI=1S/C17H18N2O6/c1-18(2)14-10-17(22,16(21)25-3)12(9-13(14)19(23)24)15(20)11-7-5-4-6-8-11/h4-10,12,22H,1-3H3.